The van der Waals surface area contributed by atoms with Gasteiger partial charge in [-0.05, 0) is 48.0 Å². The van der Waals surface area contributed by atoms with Crippen molar-refractivity contribution in [2.75, 3.05) is 6.54 Å². The number of carbonyl (C=O) groups is 2. The lowest BCUT2D eigenvalue weighted by atomic mass is 9.92. The molecule has 0 saturated carbocycles. The molecular weight excluding hydrogens is 389 g/mol. The normalized spacial score (nSPS) is 11.5. The average molecular weight is 405 g/mol. The first kappa shape index (κ1) is 21.3. The number of carboxylic acid groups (broad SMARTS) is 2. The van der Waals surface area contributed by atoms with Gasteiger partial charge in [-0.1, -0.05) is 29.3 Å². The van der Waals surface area contributed by atoms with E-state index in [2.05, 4.69) is 0 Å². The minimum absolute atomic E-state index is 0. The molecule has 8 heteroatoms. The van der Waals surface area contributed by atoms with Crippen molar-refractivity contribution in [3.8, 4) is 11.1 Å². The Morgan fingerprint density at radius 1 is 1.08 bits per heavy atom. The highest BCUT2D eigenvalue weighted by molar-refractivity contribution is 6.34. The summed E-state index contributed by atoms with van der Waals surface area (Å²) >= 11 is 12.2. The smallest absolute Gasteiger partial charge is 0.335 e. The van der Waals surface area contributed by atoms with Crippen molar-refractivity contribution in [2.24, 2.45) is 5.73 Å². The minimum atomic E-state index is -1.10. The molecule has 0 radical (unpaired) electrons. The van der Waals surface area contributed by atoms with E-state index in [1.165, 1.54) is 12.1 Å². The third-order valence-electron chi connectivity index (χ3n) is 3.62. The second-order valence-electron chi connectivity index (χ2n) is 5.30. The van der Waals surface area contributed by atoms with Gasteiger partial charge in [-0.3, -0.25) is 4.79 Å². The highest BCUT2D eigenvalue weighted by Crippen LogP contribution is 2.34. The van der Waals surface area contributed by atoms with Crippen molar-refractivity contribution >= 4 is 47.5 Å². The highest BCUT2D eigenvalue weighted by Gasteiger charge is 2.17. The van der Waals surface area contributed by atoms with Crippen LogP contribution >= 0.6 is 35.6 Å². The van der Waals surface area contributed by atoms with Crippen molar-refractivity contribution in [1.82, 2.24) is 0 Å². The molecule has 0 aromatic heterocycles. The van der Waals surface area contributed by atoms with Crippen molar-refractivity contribution in [3.63, 3.8) is 0 Å². The van der Waals surface area contributed by atoms with E-state index in [9.17, 15) is 9.59 Å². The van der Waals surface area contributed by atoms with Gasteiger partial charge in [0.15, 0.2) is 0 Å². The van der Waals surface area contributed by atoms with Gasteiger partial charge in [0.2, 0.25) is 0 Å². The van der Waals surface area contributed by atoms with E-state index in [4.69, 9.17) is 39.1 Å². The van der Waals surface area contributed by atoms with Crippen molar-refractivity contribution in [3.05, 3.63) is 57.6 Å². The fourth-order valence-electron chi connectivity index (χ4n) is 2.43. The maximum atomic E-state index is 11.2. The Hall–Kier alpha value is -1.79. The quantitative estimate of drug-likeness (QED) is 0.666. The third kappa shape index (κ3) is 5.34. The summed E-state index contributed by atoms with van der Waals surface area (Å²) in [7, 11) is 0. The molecule has 0 aliphatic carbocycles. The van der Waals surface area contributed by atoms with Crippen molar-refractivity contribution in [1.29, 1.82) is 0 Å². The molecule has 2 rings (SSSR count). The minimum Gasteiger partial charge on any atom is -0.481 e. The summed E-state index contributed by atoms with van der Waals surface area (Å²) < 4.78 is 0. The number of aliphatic carboxylic acids is 1. The van der Waals surface area contributed by atoms with Gasteiger partial charge in [-0.2, -0.15) is 0 Å². The molecular formula is C17H16Cl3NO4. The zero-order valence-electron chi connectivity index (χ0n) is 12.9. The molecule has 0 spiro atoms. The lowest BCUT2D eigenvalue weighted by molar-refractivity contribution is -0.137. The Balaban J connectivity index is 0.00000312. The molecule has 0 aliphatic heterocycles. The summed E-state index contributed by atoms with van der Waals surface area (Å²) in [5, 5.41) is 18.8. The fraction of sp³-hybridized carbons (Fsp3) is 0.176. The van der Waals surface area contributed by atoms with Crippen LogP contribution in [0.3, 0.4) is 0 Å². The number of benzene rings is 2. The Bertz CT molecular complexity index is 795. The first-order valence-corrected chi connectivity index (χ1v) is 7.83. The van der Waals surface area contributed by atoms with Crippen LogP contribution in [0.25, 0.3) is 11.1 Å². The summed E-state index contributed by atoms with van der Waals surface area (Å²) in [5.74, 6) is -2.41. The molecule has 0 fully saturated rings. The van der Waals surface area contributed by atoms with Crippen LogP contribution in [0, 0.1) is 0 Å². The number of halogens is 3. The van der Waals surface area contributed by atoms with Crippen LogP contribution in [0.4, 0.5) is 0 Å². The lowest BCUT2D eigenvalue weighted by Gasteiger charge is -2.15. The number of carboxylic acids is 2. The average Bonchev–Trinajstić information content (AvgIpc) is 2.52. The van der Waals surface area contributed by atoms with Gasteiger partial charge < -0.3 is 15.9 Å². The Kier molecular flexibility index (Phi) is 7.70. The number of hydrogen-bond donors (Lipinski definition) is 3. The second-order valence-corrected chi connectivity index (χ2v) is 6.15. The molecule has 0 saturated heterocycles. The van der Waals surface area contributed by atoms with E-state index in [0.717, 1.165) is 5.56 Å². The lowest BCUT2D eigenvalue weighted by Crippen LogP contribution is -2.16. The van der Waals surface area contributed by atoms with Gasteiger partial charge in [-0.25, -0.2) is 4.79 Å². The summed E-state index contributed by atoms with van der Waals surface area (Å²) in [6.45, 7) is 0.170. The summed E-state index contributed by atoms with van der Waals surface area (Å²) in [4.78, 5) is 22.2. The molecule has 2 aromatic carbocycles. The van der Waals surface area contributed by atoms with Crippen LogP contribution in [0.2, 0.25) is 10.0 Å². The van der Waals surface area contributed by atoms with Crippen LogP contribution < -0.4 is 5.73 Å². The van der Waals surface area contributed by atoms with Gasteiger partial charge in [0.05, 0.1) is 12.0 Å². The Morgan fingerprint density at radius 2 is 1.76 bits per heavy atom. The molecule has 0 unspecified atom stereocenters. The van der Waals surface area contributed by atoms with E-state index in [1.54, 1.807) is 24.3 Å². The van der Waals surface area contributed by atoms with Crippen LogP contribution in [-0.2, 0) is 4.79 Å². The monoisotopic (exact) mass is 403 g/mol. The van der Waals surface area contributed by atoms with E-state index >= 15 is 0 Å². The first-order chi connectivity index (χ1) is 11.3. The van der Waals surface area contributed by atoms with Crippen LogP contribution in [0.15, 0.2) is 36.4 Å². The standard InChI is InChI=1S/C17H15Cl2NO4.ClH/c18-13-4-10(3-11(5-13)17(23)24)14-6-9(1-2-15(14)19)12(8-20)7-16(21)22;/h1-6,12H,7-8,20H2,(H,21,22)(H,23,24);1H/t12-;/m0./s1. The Labute approximate surface area is 160 Å². The Morgan fingerprint density at radius 3 is 2.32 bits per heavy atom. The third-order valence-corrected chi connectivity index (χ3v) is 4.17. The summed E-state index contributed by atoms with van der Waals surface area (Å²) in [6.07, 6.45) is -0.104. The van der Waals surface area contributed by atoms with Gasteiger partial charge in [0.1, 0.15) is 0 Å². The number of hydrogen-bond acceptors (Lipinski definition) is 3. The van der Waals surface area contributed by atoms with E-state index in [-0.39, 0.29) is 41.9 Å². The largest absolute Gasteiger partial charge is 0.481 e. The van der Waals surface area contributed by atoms with Gasteiger partial charge in [0, 0.05) is 21.5 Å². The zero-order chi connectivity index (χ0) is 17.9. The number of nitrogens with two attached hydrogens (primary N) is 1. The summed E-state index contributed by atoms with van der Waals surface area (Å²) in [6, 6.07) is 9.49. The SMILES string of the molecule is Cl.NC[C@H](CC(=O)O)c1ccc(Cl)c(-c2cc(Cl)cc(C(=O)O)c2)c1. The molecule has 0 aliphatic rings. The van der Waals surface area contributed by atoms with E-state index in [0.29, 0.717) is 16.1 Å². The topological polar surface area (TPSA) is 101 Å². The van der Waals surface area contributed by atoms with Gasteiger partial charge in [0.25, 0.3) is 0 Å². The molecule has 5 nitrogen and oxygen atoms in total. The zero-order valence-corrected chi connectivity index (χ0v) is 15.2. The van der Waals surface area contributed by atoms with Crippen molar-refractivity contribution < 1.29 is 19.8 Å². The second kappa shape index (κ2) is 9.06. The fourth-order valence-corrected chi connectivity index (χ4v) is 2.90. The molecule has 0 amide bonds. The van der Waals surface area contributed by atoms with Crippen LogP contribution in [-0.4, -0.2) is 28.7 Å². The van der Waals surface area contributed by atoms with E-state index in [1.807, 2.05) is 0 Å². The molecule has 2 aromatic rings. The predicted molar refractivity (Wildman–Crippen MR) is 100 cm³/mol. The molecule has 134 valence electrons. The highest BCUT2D eigenvalue weighted by atomic mass is 35.5. The molecule has 0 bridgehead atoms. The maximum absolute atomic E-state index is 11.2. The summed E-state index contributed by atoms with van der Waals surface area (Å²) in [5.41, 5.74) is 7.54. The van der Waals surface area contributed by atoms with Crippen LogP contribution in [0.5, 0.6) is 0 Å². The molecule has 4 N–H and O–H groups in total. The van der Waals surface area contributed by atoms with Crippen LogP contribution in [0.1, 0.15) is 28.3 Å². The molecule has 1 atom stereocenters. The number of rotatable bonds is 6. The first-order valence-electron chi connectivity index (χ1n) is 7.07. The van der Waals surface area contributed by atoms with Crippen molar-refractivity contribution in [2.45, 2.75) is 12.3 Å². The molecule has 25 heavy (non-hydrogen) atoms. The maximum Gasteiger partial charge on any atom is 0.335 e. The number of aromatic carboxylic acids is 1. The van der Waals surface area contributed by atoms with Gasteiger partial charge in [-0.15, -0.1) is 12.4 Å². The molecule has 0 heterocycles. The van der Waals surface area contributed by atoms with Gasteiger partial charge >= 0.3 is 11.9 Å². The van der Waals surface area contributed by atoms with E-state index < -0.39 is 11.9 Å². The predicted octanol–water partition coefficient (Wildman–Crippen LogP) is 4.30.